The Morgan fingerprint density at radius 2 is 1.81 bits per heavy atom. The van der Waals surface area contributed by atoms with Crippen molar-refractivity contribution in [2.24, 2.45) is 0 Å². The van der Waals surface area contributed by atoms with Crippen LogP contribution < -0.4 is 5.32 Å². The molecule has 1 atom stereocenters. The maximum atomic E-state index is 12.9. The van der Waals surface area contributed by atoms with Crippen LogP contribution in [-0.4, -0.2) is 23.2 Å². The van der Waals surface area contributed by atoms with Crippen molar-refractivity contribution >= 4 is 23.5 Å². The molecule has 1 aliphatic rings. The van der Waals surface area contributed by atoms with Crippen molar-refractivity contribution in [3.63, 3.8) is 0 Å². The van der Waals surface area contributed by atoms with E-state index < -0.39 is 0 Å². The summed E-state index contributed by atoms with van der Waals surface area (Å²) < 4.78 is 0. The average molecular weight is 369 g/mol. The lowest BCUT2D eigenvalue weighted by Crippen LogP contribution is -2.34. The number of hydrogen-bond donors (Lipinski definition) is 1. The van der Waals surface area contributed by atoms with Crippen LogP contribution in [-0.2, 0) is 5.41 Å². The fourth-order valence-electron chi connectivity index (χ4n) is 3.24. The molecule has 0 unspecified atom stereocenters. The molecule has 0 radical (unpaired) electrons. The van der Waals surface area contributed by atoms with Crippen LogP contribution in [0.15, 0.2) is 42.5 Å². The summed E-state index contributed by atoms with van der Waals surface area (Å²) in [6.45, 7) is 11.5. The number of carbonyl (C=O) groups is 1. The number of thioether (sulfide) groups is 1. The van der Waals surface area contributed by atoms with Crippen LogP contribution >= 0.6 is 11.8 Å². The third kappa shape index (κ3) is 4.07. The Hall–Kier alpha value is -1.94. The Balaban J connectivity index is 1.76. The van der Waals surface area contributed by atoms with Crippen molar-refractivity contribution in [2.75, 3.05) is 17.6 Å². The molecule has 0 saturated carbocycles. The number of rotatable bonds is 2. The van der Waals surface area contributed by atoms with Gasteiger partial charge in [-0.15, -0.1) is 11.8 Å². The van der Waals surface area contributed by atoms with Crippen LogP contribution in [0.4, 0.5) is 10.5 Å². The Kier molecular flexibility index (Phi) is 5.33. The topological polar surface area (TPSA) is 32.3 Å². The van der Waals surface area contributed by atoms with Gasteiger partial charge in [0, 0.05) is 18.0 Å². The number of carbonyl (C=O) groups excluding carboxylic acids is 1. The van der Waals surface area contributed by atoms with E-state index >= 15 is 0 Å². The summed E-state index contributed by atoms with van der Waals surface area (Å²) in [5.74, 6) is 0.964. The van der Waals surface area contributed by atoms with Crippen LogP contribution in [0.25, 0.3) is 0 Å². The summed E-state index contributed by atoms with van der Waals surface area (Å²) in [5.41, 5.74) is 5.83. The third-order valence-electron chi connectivity index (χ3n) is 4.84. The predicted molar refractivity (Wildman–Crippen MR) is 112 cm³/mol. The highest BCUT2D eigenvalue weighted by Crippen LogP contribution is 2.39. The Morgan fingerprint density at radius 1 is 1.12 bits per heavy atom. The molecule has 0 bridgehead atoms. The van der Waals surface area contributed by atoms with Gasteiger partial charge in [0.2, 0.25) is 0 Å². The van der Waals surface area contributed by atoms with Crippen LogP contribution in [0.1, 0.15) is 48.4 Å². The number of hydrogen-bond acceptors (Lipinski definition) is 2. The zero-order valence-electron chi connectivity index (χ0n) is 16.3. The molecular weight excluding hydrogens is 340 g/mol. The third-order valence-corrected chi connectivity index (χ3v) is 6.10. The molecular formula is C22H28N2OS. The van der Waals surface area contributed by atoms with Crippen molar-refractivity contribution in [2.45, 2.75) is 45.4 Å². The lowest BCUT2D eigenvalue weighted by Gasteiger charge is -2.26. The largest absolute Gasteiger partial charge is 0.323 e. The molecule has 1 N–H and O–H groups in total. The lowest BCUT2D eigenvalue weighted by atomic mass is 9.87. The monoisotopic (exact) mass is 368 g/mol. The molecule has 1 aliphatic heterocycles. The van der Waals surface area contributed by atoms with Gasteiger partial charge in [-0.25, -0.2) is 4.79 Å². The number of nitrogens with zero attached hydrogens (tertiary/aromatic N) is 1. The molecule has 1 saturated heterocycles. The van der Waals surface area contributed by atoms with Crippen LogP contribution in [0.2, 0.25) is 0 Å². The van der Waals surface area contributed by atoms with E-state index in [-0.39, 0.29) is 16.8 Å². The summed E-state index contributed by atoms with van der Waals surface area (Å²) in [4.78, 5) is 14.8. The summed E-state index contributed by atoms with van der Waals surface area (Å²) in [6, 6.07) is 14.8. The maximum absolute atomic E-state index is 12.9. The number of aryl methyl sites for hydroxylation is 2. The second kappa shape index (κ2) is 7.36. The van der Waals surface area contributed by atoms with Crippen molar-refractivity contribution in [1.82, 2.24) is 4.90 Å². The van der Waals surface area contributed by atoms with E-state index in [1.165, 1.54) is 16.7 Å². The number of nitrogens with one attached hydrogen (secondary N) is 1. The first-order valence-corrected chi connectivity index (χ1v) is 10.2. The highest BCUT2D eigenvalue weighted by Gasteiger charge is 2.31. The SMILES string of the molecule is Cc1ccc(NC(=O)N2CCS[C@@H]2c2ccc(C(C)(C)C)cc2)c(C)c1. The van der Waals surface area contributed by atoms with Gasteiger partial charge in [0.1, 0.15) is 5.37 Å². The van der Waals surface area contributed by atoms with Crippen molar-refractivity contribution in [3.05, 3.63) is 64.7 Å². The number of benzene rings is 2. The molecule has 138 valence electrons. The van der Waals surface area contributed by atoms with E-state index in [4.69, 9.17) is 0 Å². The van der Waals surface area contributed by atoms with Crippen molar-refractivity contribution in [3.8, 4) is 0 Å². The van der Waals surface area contributed by atoms with Gasteiger partial charge in [-0.3, -0.25) is 0 Å². The average Bonchev–Trinajstić information content (AvgIpc) is 3.06. The molecule has 0 spiro atoms. The number of amides is 2. The predicted octanol–water partition coefficient (Wildman–Crippen LogP) is 5.88. The first-order valence-electron chi connectivity index (χ1n) is 9.12. The summed E-state index contributed by atoms with van der Waals surface area (Å²) >= 11 is 1.83. The first-order chi connectivity index (χ1) is 12.3. The fourth-order valence-corrected chi connectivity index (χ4v) is 4.50. The van der Waals surface area contributed by atoms with Gasteiger partial charge in [-0.2, -0.15) is 0 Å². The van der Waals surface area contributed by atoms with Crippen LogP contribution in [0.5, 0.6) is 0 Å². The zero-order chi connectivity index (χ0) is 18.9. The quantitative estimate of drug-likeness (QED) is 0.718. The minimum Gasteiger partial charge on any atom is -0.308 e. The van der Waals surface area contributed by atoms with Crippen molar-refractivity contribution < 1.29 is 4.79 Å². The van der Waals surface area contributed by atoms with E-state index in [0.717, 1.165) is 23.5 Å². The first kappa shape index (κ1) is 18.8. The van der Waals surface area contributed by atoms with Gasteiger partial charge in [-0.1, -0.05) is 62.7 Å². The second-order valence-corrected chi connectivity index (χ2v) is 9.23. The molecule has 1 heterocycles. The van der Waals surface area contributed by atoms with E-state index in [1.54, 1.807) is 0 Å². The Labute approximate surface area is 161 Å². The second-order valence-electron chi connectivity index (χ2n) is 8.04. The molecule has 1 fully saturated rings. The molecule has 2 aromatic rings. The summed E-state index contributed by atoms with van der Waals surface area (Å²) in [6.07, 6.45) is 0. The Bertz CT molecular complexity index is 793. The Morgan fingerprint density at radius 3 is 2.42 bits per heavy atom. The maximum Gasteiger partial charge on any atom is 0.323 e. The molecule has 3 rings (SSSR count). The zero-order valence-corrected chi connectivity index (χ0v) is 17.1. The van der Waals surface area contributed by atoms with Gasteiger partial charge in [0.15, 0.2) is 0 Å². The number of anilines is 1. The normalized spacial score (nSPS) is 17.4. The van der Waals surface area contributed by atoms with Gasteiger partial charge in [0.25, 0.3) is 0 Å². The summed E-state index contributed by atoms with van der Waals surface area (Å²) in [7, 11) is 0. The molecule has 3 nitrogen and oxygen atoms in total. The van der Waals surface area contributed by atoms with E-state index in [0.29, 0.717) is 0 Å². The number of urea groups is 1. The van der Waals surface area contributed by atoms with Gasteiger partial charge >= 0.3 is 6.03 Å². The van der Waals surface area contributed by atoms with Crippen LogP contribution in [0, 0.1) is 13.8 Å². The minimum absolute atomic E-state index is 0.0214. The molecule has 26 heavy (non-hydrogen) atoms. The highest BCUT2D eigenvalue weighted by atomic mass is 32.2. The molecule has 0 aliphatic carbocycles. The van der Waals surface area contributed by atoms with E-state index in [2.05, 4.69) is 63.3 Å². The minimum atomic E-state index is -0.0214. The molecule has 4 heteroatoms. The van der Waals surface area contributed by atoms with Crippen LogP contribution in [0.3, 0.4) is 0 Å². The van der Waals surface area contributed by atoms with E-state index in [1.807, 2.05) is 35.7 Å². The highest BCUT2D eigenvalue weighted by molar-refractivity contribution is 7.99. The smallest absolute Gasteiger partial charge is 0.308 e. The lowest BCUT2D eigenvalue weighted by molar-refractivity contribution is 0.214. The summed E-state index contributed by atoms with van der Waals surface area (Å²) in [5, 5.41) is 3.17. The van der Waals surface area contributed by atoms with Gasteiger partial charge in [-0.05, 0) is 42.0 Å². The fraction of sp³-hybridized carbons (Fsp3) is 0.409. The molecule has 2 aromatic carbocycles. The van der Waals surface area contributed by atoms with Gasteiger partial charge < -0.3 is 10.2 Å². The van der Waals surface area contributed by atoms with Gasteiger partial charge in [0.05, 0.1) is 0 Å². The standard InChI is InChI=1S/C22H28N2OS/c1-15-6-11-19(16(2)14-15)23-21(25)24-12-13-26-20(24)17-7-9-18(10-8-17)22(3,4)5/h6-11,14,20H,12-13H2,1-5H3,(H,23,25)/t20-/m1/s1. The molecule has 2 amide bonds. The van der Waals surface area contributed by atoms with Crippen molar-refractivity contribution in [1.29, 1.82) is 0 Å². The molecule has 0 aromatic heterocycles. The van der Waals surface area contributed by atoms with E-state index in [9.17, 15) is 4.79 Å².